The first-order valence-electron chi connectivity index (χ1n) is 8.03. The Hall–Kier alpha value is -2.53. The van der Waals surface area contributed by atoms with E-state index in [1.54, 1.807) is 24.1 Å². The van der Waals surface area contributed by atoms with Crippen LogP contribution >= 0.6 is 11.6 Å². The molecule has 0 bridgehead atoms. The van der Waals surface area contributed by atoms with Crippen LogP contribution in [-0.2, 0) is 16.0 Å². The third kappa shape index (κ3) is 4.31. The van der Waals surface area contributed by atoms with Gasteiger partial charge in [0.15, 0.2) is 0 Å². The molecule has 1 saturated heterocycles. The van der Waals surface area contributed by atoms with Crippen molar-refractivity contribution >= 4 is 29.1 Å². The number of hydrogen-bond acceptors (Lipinski definition) is 3. The number of amides is 2. The Kier molecular flexibility index (Phi) is 5.24. The van der Waals surface area contributed by atoms with Gasteiger partial charge in [-0.3, -0.25) is 9.59 Å². The Labute approximate surface area is 151 Å². The maximum absolute atomic E-state index is 12.2. The van der Waals surface area contributed by atoms with Crippen LogP contribution in [0.5, 0.6) is 5.75 Å². The van der Waals surface area contributed by atoms with Crippen molar-refractivity contribution in [3.63, 3.8) is 0 Å². The molecule has 1 aliphatic heterocycles. The fourth-order valence-corrected chi connectivity index (χ4v) is 3.01. The second-order valence-electron chi connectivity index (χ2n) is 5.97. The molecule has 0 saturated carbocycles. The van der Waals surface area contributed by atoms with Gasteiger partial charge in [0.05, 0.1) is 19.6 Å². The van der Waals surface area contributed by atoms with Crippen LogP contribution in [0.3, 0.4) is 0 Å². The molecule has 0 spiro atoms. The average Bonchev–Trinajstić information content (AvgIpc) is 2.97. The van der Waals surface area contributed by atoms with E-state index >= 15 is 0 Å². The maximum Gasteiger partial charge on any atom is 0.229 e. The number of ether oxygens (including phenoxy) is 1. The smallest absolute Gasteiger partial charge is 0.229 e. The Balaban J connectivity index is 1.58. The van der Waals surface area contributed by atoms with Crippen LogP contribution in [0.2, 0.25) is 5.02 Å². The largest absolute Gasteiger partial charge is 0.497 e. The molecular weight excluding hydrogens is 340 g/mol. The SMILES string of the molecule is COc1ccc(N2CC(NC(=O)Cc3ccc(Cl)cc3)CC2=O)cc1. The number of halogens is 1. The molecule has 2 aromatic rings. The zero-order valence-electron chi connectivity index (χ0n) is 13.9. The van der Waals surface area contributed by atoms with Gasteiger partial charge in [-0.15, -0.1) is 0 Å². The number of nitrogens with zero attached hydrogens (tertiary/aromatic N) is 1. The van der Waals surface area contributed by atoms with Crippen LogP contribution < -0.4 is 15.0 Å². The lowest BCUT2D eigenvalue weighted by Crippen LogP contribution is -2.38. The van der Waals surface area contributed by atoms with Crippen LogP contribution in [0, 0.1) is 0 Å². The summed E-state index contributed by atoms with van der Waals surface area (Å²) in [6, 6.07) is 14.3. The molecule has 0 aromatic heterocycles. The predicted molar refractivity (Wildman–Crippen MR) is 97.1 cm³/mol. The summed E-state index contributed by atoms with van der Waals surface area (Å²) in [6.45, 7) is 0.470. The highest BCUT2D eigenvalue weighted by Gasteiger charge is 2.31. The van der Waals surface area contributed by atoms with E-state index in [1.807, 2.05) is 36.4 Å². The molecule has 1 aliphatic rings. The van der Waals surface area contributed by atoms with Gasteiger partial charge in [0.1, 0.15) is 5.75 Å². The van der Waals surface area contributed by atoms with E-state index < -0.39 is 0 Å². The Morgan fingerprint density at radius 2 is 1.88 bits per heavy atom. The molecule has 2 amide bonds. The molecule has 6 heteroatoms. The van der Waals surface area contributed by atoms with Gasteiger partial charge >= 0.3 is 0 Å². The van der Waals surface area contributed by atoms with E-state index in [2.05, 4.69) is 5.32 Å². The van der Waals surface area contributed by atoms with E-state index in [4.69, 9.17) is 16.3 Å². The van der Waals surface area contributed by atoms with E-state index in [0.29, 0.717) is 18.0 Å². The molecule has 130 valence electrons. The molecular formula is C19H19ClN2O3. The number of methoxy groups -OCH3 is 1. The number of hydrogen-bond donors (Lipinski definition) is 1. The van der Waals surface area contributed by atoms with E-state index in [9.17, 15) is 9.59 Å². The topological polar surface area (TPSA) is 58.6 Å². The minimum Gasteiger partial charge on any atom is -0.497 e. The lowest BCUT2D eigenvalue weighted by molar-refractivity contribution is -0.121. The molecule has 1 atom stereocenters. The summed E-state index contributed by atoms with van der Waals surface area (Å²) in [5, 5.41) is 3.58. The highest BCUT2D eigenvalue weighted by Crippen LogP contribution is 2.24. The fraction of sp³-hybridized carbons (Fsp3) is 0.263. The number of nitrogens with one attached hydrogen (secondary N) is 1. The molecule has 5 nitrogen and oxygen atoms in total. The zero-order chi connectivity index (χ0) is 17.8. The van der Waals surface area contributed by atoms with Crippen molar-refractivity contribution in [2.75, 3.05) is 18.6 Å². The second kappa shape index (κ2) is 7.57. The van der Waals surface area contributed by atoms with Crippen molar-refractivity contribution in [2.24, 2.45) is 0 Å². The van der Waals surface area contributed by atoms with Gasteiger partial charge in [-0.2, -0.15) is 0 Å². The minimum absolute atomic E-state index is 0.00181. The first-order chi connectivity index (χ1) is 12.0. The highest BCUT2D eigenvalue weighted by molar-refractivity contribution is 6.30. The van der Waals surface area contributed by atoms with Gasteiger partial charge in [0.25, 0.3) is 0 Å². The van der Waals surface area contributed by atoms with E-state index in [-0.39, 0.29) is 24.3 Å². The molecule has 2 aromatic carbocycles. The van der Waals surface area contributed by atoms with Gasteiger partial charge in [0, 0.05) is 23.7 Å². The summed E-state index contributed by atoms with van der Waals surface area (Å²) in [5.41, 5.74) is 1.69. The average molecular weight is 359 g/mol. The van der Waals surface area contributed by atoms with Gasteiger partial charge in [0.2, 0.25) is 11.8 Å². The summed E-state index contributed by atoms with van der Waals surface area (Å²) in [5.74, 6) is 0.641. The van der Waals surface area contributed by atoms with Crippen LogP contribution in [-0.4, -0.2) is 31.5 Å². The number of benzene rings is 2. The Bertz CT molecular complexity index is 759. The summed E-state index contributed by atoms with van der Waals surface area (Å²) >= 11 is 5.84. The van der Waals surface area contributed by atoms with Gasteiger partial charge < -0.3 is 15.0 Å². The van der Waals surface area contributed by atoms with Crippen LogP contribution in [0.25, 0.3) is 0 Å². The van der Waals surface area contributed by atoms with Crippen molar-refractivity contribution < 1.29 is 14.3 Å². The van der Waals surface area contributed by atoms with E-state index in [0.717, 1.165) is 17.0 Å². The monoisotopic (exact) mass is 358 g/mol. The molecule has 25 heavy (non-hydrogen) atoms. The van der Waals surface area contributed by atoms with Gasteiger partial charge in [-0.05, 0) is 42.0 Å². The first-order valence-corrected chi connectivity index (χ1v) is 8.41. The highest BCUT2D eigenvalue weighted by atomic mass is 35.5. The minimum atomic E-state index is -0.186. The van der Waals surface area contributed by atoms with Crippen molar-refractivity contribution in [1.82, 2.24) is 5.32 Å². The van der Waals surface area contributed by atoms with Crippen LogP contribution in [0.1, 0.15) is 12.0 Å². The number of anilines is 1. The Morgan fingerprint density at radius 1 is 1.20 bits per heavy atom. The molecule has 1 heterocycles. The summed E-state index contributed by atoms with van der Waals surface area (Å²) in [4.78, 5) is 26.1. The summed E-state index contributed by atoms with van der Waals surface area (Å²) < 4.78 is 5.13. The molecule has 0 radical (unpaired) electrons. The van der Waals surface area contributed by atoms with Crippen molar-refractivity contribution in [3.8, 4) is 5.75 Å². The lowest BCUT2D eigenvalue weighted by Gasteiger charge is -2.17. The molecule has 3 rings (SSSR count). The summed E-state index contributed by atoms with van der Waals surface area (Å²) in [7, 11) is 1.60. The molecule has 1 unspecified atom stereocenters. The second-order valence-corrected chi connectivity index (χ2v) is 6.41. The third-order valence-corrected chi connectivity index (χ3v) is 4.40. The third-order valence-electron chi connectivity index (χ3n) is 4.15. The molecule has 1 fully saturated rings. The van der Waals surface area contributed by atoms with Crippen molar-refractivity contribution in [3.05, 3.63) is 59.1 Å². The zero-order valence-corrected chi connectivity index (χ0v) is 14.6. The maximum atomic E-state index is 12.2. The predicted octanol–water partition coefficient (Wildman–Crippen LogP) is 2.81. The molecule has 1 N–H and O–H groups in total. The summed E-state index contributed by atoms with van der Waals surface area (Å²) in [6.07, 6.45) is 0.572. The van der Waals surface area contributed by atoms with Crippen molar-refractivity contribution in [2.45, 2.75) is 18.9 Å². The van der Waals surface area contributed by atoms with Gasteiger partial charge in [-0.25, -0.2) is 0 Å². The standard InChI is InChI=1S/C19H19ClN2O3/c1-25-17-8-6-16(7-9-17)22-12-15(11-19(22)24)21-18(23)10-13-2-4-14(20)5-3-13/h2-9,15H,10-12H2,1H3,(H,21,23). The normalized spacial score (nSPS) is 16.8. The first kappa shape index (κ1) is 17.3. The van der Waals surface area contributed by atoms with Crippen LogP contribution in [0.4, 0.5) is 5.69 Å². The molecule has 0 aliphatic carbocycles. The number of rotatable bonds is 5. The van der Waals surface area contributed by atoms with Gasteiger partial charge in [-0.1, -0.05) is 23.7 Å². The lowest BCUT2D eigenvalue weighted by atomic mass is 10.1. The number of carbonyl (C=O) groups excluding carboxylic acids is 2. The van der Waals surface area contributed by atoms with Crippen LogP contribution in [0.15, 0.2) is 48.5 Å². The Morgan fingerprint density at radius 3 is 2.52 bits per heavy atom. The van der Waals surface area contributed by atoms with E-state index in [1.165, 1.54) is 0 Å². The quantitative estimate of drug-likeness (QED) is 0.894. The van der Waals surface area contributed by atoms with Crippen molar-refractivity contribution in [1.29, 1.82) is 0 Å². The number of carbonyl (C=O) groups is 2. The fourth-order valence-electron chi connectivity index (χ4n) is 2.88.